The normalized spacial score (nSPS) is 16.2. The Balaban J connectivity index is 1.35. The summed E-state index contributed by atoms with van der Waals surface area (Å²) in [7, 11) is 0. The zero-order valence-corrected chi connectivity index (χ0v) is 21.7. The zero-order chi connectivity index (χ0) is 27.1. The number of hydrogen-bond acceptors (Lipinski definition) is 6. The molecule has 4 aromatic rings. The number of amides is 1. The third-order valence-corrected chi connectivity index (χ3v) is 6.82. The van der Waals surface area contributed by atoms with Gasteiger partial charge in [0.2, 0.25) is 5.89 Å². The Morgan fingerprint density at radius 3 is 2.66 bits per heavy atom. The van der Waals surface area contributed by atoms with Crippen molar-refractivity contribution in [1.82, 2.24) is 19.3 Å². The number of aryl methyl sites for hydroxylation is 1. The number of rotatable bonds is 7. The highest BCUT2D eigenvalue weighted by atomic mass is 19.3. The van der Waals surface area contributed by atoms with Crippen LogP contribution in [0.5, 0.6) is 0 Å². The molecule has 0 spiro atoms. The number of nitrogens with zero attached hydrogens (tertiary/aromatic N) is 4. The van der Waals surface area contributed by atoms with Crippen molar-refractivity contribution in [2.75, 3.05) is 25.0 Å². The quantitative estimate of drug-likeness (QED) is 0.352. The molecule has 5 rings (SSSR count). The molecule has 10 heteroatoms. The molecule has 0 aliphatic carbocycles. The minimum Gasteiger partial charge on any atom is -0.444 e. The van der Waals surface area contributed by atoms with Crippen molar-refractivity contribution in [2.24, 2.45) is 0 Å². The minimum absolute atomic E-state index is 0.113. The van der Waals surface area contributed by atoms with Crippen molar-refractivity contribution < 1.29 is 23.1 Å². The maximum Gasteiger partial charge on any atom is 0.277 e. The largest absolute Gasteiger partial charge is 0.444 e. The van der Waals surface area contributed by atoms with Gasteiger partial charge in [-0.3, -0.25) is 4.79 Å². The van der Waals surface area contributed by atoms with Gasteiger partial charge >= 0.3 is 0 Å². The van der Waals surface area contributed by atoms with Crippen molar-refractivity contribution in [3.63, 3.8) is 0 Å². The summed E-state index contributed by atoms with van der Waals surface area (Å²) in [4.78, 5) is 24.1. The van der Waals surface area contributed by atoms with Crippen molar-refractivity contribution >= 4 is 17.2 Å². The first-order valence-electron chi connectivity index (χ1n) is 12.7. The van der Waals surface area contributed by atoms with Crippen LogP contribution >= 0.6 is 0 Å². The predicted molar refractivity (Wildman–Crippen MR) is 139 cm³/mol. The lowest BCUT2D eigenvalue weighted by molar-refractivity contribution is -0.0548. The zero-order valence-electron chi connectivity index (χ0n) is 21.7. The number of hydrogen-bond donors (Lipinski definition) is 2. The highest BCUT2D eigenvalue weighted by Gasteiger charge is 2.33. The Morgan fingerprint density at radius 1 is 1.18 bits per heavy atom. The van der Waals surface area contributed by atoms with Crippen LogP contribution in [0.15, 0.2) is 53.4 Å². The van der Waals surface area contributed by atoms with Gasteiger partial charge in [0.25, 0.3) is 11.8 Å². The molecule has 38 heavy (non-hydrogen) atoms. The monoisotopic (exact) mass is 523 g/mol. The van der Waals surface area contributed by atoms with Gasteiger partial charge in [-0.15, -0.1) is 0 Å². The lowest BCUT2D eigenvalue weighted by Crippen LogP contribution is -2.40. The molecule has 1 aliphatic heterocycles. The summed E-state index contributed by atoms with van der Waals surface area (Å²) in [6.45, 7) is 6.61. The number of nitrogens with one attached hydrogen (secondary N) is 1. The molecule has 1 amide bonds. The first kappa shape index (κ1) is 26.0. The van der Waals surface area contributed by atoms with Crippen LogP contribution in [0, 0.1) is 6.92 Å². The van der Waals surface area contributed by atoms with Crippen molar-refractivity contribution in [3.8, 4) is 11.5 Å². The second-order valence-electron chi connectivity index (χ2n) is 10.5. The van der Waals surface area contributed by atoms with E-state index in [2.05, 4.69) is 15.3 Å². The molecule has 0 atom stereocenters. The van der Waals surface area contributed by atoms with E-state index in [4.69, 9.17) is 4.42 Å². The molecule has 8 nitrogen and oxygen atoms in total. The number of piperidine rings is 1. The number of likely N-dealkylation sites (tertiary alicyclic amines) is 1. The van der Waals surface area contributed by atoms with Gasteiger partial charge in [0.15, 0.2) is 5.69 Å². The molecule has 1 aliphatic rings. The van der Waals surface area contributed by atoms with Crippen LogP contribution in [0.1, 0.15) is 54.0 Å². The number of anilines is 1. The third-order valence-electron chi connectivity index (χ3n) is 6.82. The SMILES string of the molecule is Cc1cccc(-c2nc(C(=O)Nc3cn4cc(CCN5CCC(F)(F)CC5)nc4cc3C(C)(C)O)co2)c1. The maximum absolute atomic E-state index is 13.4. The Kier molecular flexibility index (Phi) is 6.79. The van der Waals surface area contributed by atoms with Gasteiger partial charge in [-0.2, -0.15) is 0 Å². The number of oxazole rings is 1. The second-order valence-corrected chi connectivity index (χ2v) is 10.5. The van der Waals surface area contributed by atoms with Crippen molar-refractivity contribution in [3.05, 3.63) is 71.5 Å². The van der Waals surface area contributed by atoms with E-state index in [0.717, 1.165) is 16.8 Å². The number of carbonyl (C=O) groups is 1. The predicted octanol–water partition coefficient (Wildman–Crippen LogP) is 5.05. The average Bonchev–Trinajstić information content (AvgIpc) is 3.49. The summed E-state index contributed by atoms with van der Waals surface area (Å²) in [5.41, 5.74) is 3.00. The average molecular weight is 524 g/mol. The van der Waals surface area contributed by atoms with Crippen LogP contribution in [0.4, 0.5) is 14.5 Å². The Bertz CT molecular complexity index is 1460. The van der Waals surface area contributed by atoms with Crippen molar-refractivity contribution in [2.45, 2.75) is 51.6 Å². The van der Waals surface area contributed by atoms with E-state index in [1.54, 1.807) is 30.5 Å². The van der Waals surface area contributed by atoms with E-state index in [1.165, 1.54) is 6.26 Å². The van der Waals surface area contributed by atoms with Gasteiger partial charge in [-0.05, 0) is 39.0 Å². The van der Waals surface area contributed by atoms with Crippen LogP contribution in [-0.4, -0.2) is 55.8 Å². The van der Waals surface area contributed by atoms with Crippen LogP contribution < -0.4 is 5.32 Å². The summed E-state index contributed by atoms with van der Waals surface area (Å²) >= 11 is 0. The second kappa shape index (κ2) is 9.92. The smallest absolute Gasteiger partial charge is 0.277 e. The summed E-state index contributed by atoms with van der Waals surface area (Å²) in [6, 6.07) is 9.37. The molecule has 1 fully saturated rings. The summed E-state index contributed by atoms with van der Waals surface area (Å²) < 4.78 is 34.2. The molecule has 0 radical (unpaired) electrons. The van der Waals surface area contributed by atoms with Gasteiger partial charge in [0.05, 0.1) is 17.0 Å². The van der Waals surface area contributed by atoms with Crippen LogP contribution in [0.25, 0.3) is 17.1 Å². The van der Waals surface area contributed by atoms with Crippen LogP contribution in [-0.2, 0) is 12.0 Å². The van der Waals surface area contributed by atoms with Gasteiger partial charge in [0.1, 0.15) is 11.9 Å². The summed E-state index contributed by atoms with van der Waals surface area (Å²) in [5.74, 6) is -2.70. The molecule has 1 saturated heterocycles. The molecule has 1 aromatic carbocycles. The molecule has 0 saturated carbocycles. The van der Waals surface area contributed by atoms with E-state index in [1.807, 2.05) is 42.3 Å². The Hall–Kier alpha value is -3.63. The van der Waals surface area contributed by atoms with E-state index in [0.29, 0.717) is 48.8 Å². The number of imidazole rings is 1. The Labute approximate surface area is 219 Å². The molecular weight excluding hydrogens is 492 g/mol. The third kappa shape index (κ3) is 5.76. The number of aliphatic hydroxyl groups is 1. The maximum atomic E-state index is 13.4. The molecule has 0 unspecified atom stereocenters. The topological polar surface area (TPSA) is 95.9 Å². The van der Waals surface area contributed by atoms with E-state index in [-0.39, 0.29) is 18.5 Å². The van der Waals surface area contributed by atoms with Gasteiger partial charge in [-0.1, -0.05) is 17.7 Å². The number of fused-ring (bicyclic) bond motifs is 1. The van der Waals surface area contributed by atoms with Crippen LogP contribution in [0.2, 0.25) is 0 Å². The number of aromatic nitrogens is 3. The van der Waals surface area contributed by atoms with E-state index < -0.39 is 17.4 Å². The van der Waals surface area contributed by atoms with E-state index in [9.17, 15) is 18.7 Å². The molecular formula is C28H31F2N5O3. The number of halogens is 2. The highest BCUT2D eigenvalue weighted by molar-refractivity contribution is 6.03. The highest BCUT2D eigenvalue weighted by Crippen LogP contribution is 2.31. The number of benzene rings is 1. The number of pyridine rings is 1. The van der Waals surface area contributed by atoms with Gasteiger partial charge in [0, 0.05) is 62.4 Å². The minimum atomic E-state index is -2.57. The molecule has 4 heterocycles. The van der Waals surface area contributed by atoms with E-state index >= 15 is 0 Å². The fourth-order valence-corrected chi connectivity index (χ4v) is 4.66. The van der Waals surface area contributed by atoms with Crippen LogP contribution in [0.3, 0.4) is 0 Å². The molecule has 0 bridgehead atoms. The molecule has 2 N–H and O–H groups in total. The number of alkyl halides is 2. The van der Waals surface area contributed by atoms with Crippen molar-refractivity contribution in [1.29, 1.82) is 0 Å². The summed E-state index contributed by atoms with van der Waals surface area (Å²) in [6.07, 6.45) is 5.24. The first-order chi connectivity index (χ1) is 18.0. The molecule has 200 valence electrons. The number of carbonyl (C=O) groups excluding carboxylic acids is 1. The fourth-order valence-electron chi connectivity index (χ4n) is 4.66. The Morgan fingerprint density at radius 2 is 1.95 bits per heavy atom. The van der Waals surface area contributed by atoms with Gasteiger partial charge < -0.3 is 24.1 Å². The first-order valence-corrected chi connectivity index (χ1v) is 12.7. The fraction of sp³-hybridized carbons (Fsp3) is 0.393. The lowest BCUT2D eigenvalue weighted by atomic mass is 9.97. The summed E-state index contributed by atoms with van der Waals surface area (Å²) in [5, 5.41) is 13.7. The standard InChI is InChI=1S/C28H31F2N5O3/c1-18-5-4-6-19(13-18)26-33-23(17-38-26)25(36)32-22-16-35-15-20(31-24(35)14-21(22)27(2,3)37)7-10-34-11-8-28(29,30)9-12-34/h4-6,13-17,37H,7-12H2,1-3H3,(H,32,36). The molecule has 3 aromatic heterocycles. The van der Waals surface area contributed by atoms with Gasteiger partial charge in [-0.25, -0.2) is 18.7 Å². The lowest BCUT2D eigenvalue weighted by Gasteiger charge is -2.31.